The molecule has 2 N–H and O–H groups in total. The Morgan fingerprint density at radius 1 is 1.36 bits per heavy atom. The molecule has 0 bridgehead atoms. The van der Waals surface area contributed by atoms with Gasteiger partial charge in [-0.05, 0) is 29.8 Å². The van der Waals surface area contributed by atoms with Crippen molar-refractivity contribution < 1.29 is 14.0 Å². The van der Waals surface area contributed by atoms with Crippen LogP contribution >= 0.6 is 11.6 Å². The number of rotatable bonds is 7. The van der Waals surface area contributed by atoms with Gasteiger partial charge in [-0.25, -0.2) is 4.39 Å². The first-order chi connectivity index (χ1) is 13.5. The lowest BCUT2D eigenvalue weighted by atomic mass is 10.1. The number of hydrogen-bond acceptors (Lipinski definition) is 4. The van der Waals surface area contributed by atoms with Gasteiger partial charge in [0.15, 0.2) is 0 Å². The summed E-state index contributed by atoms with van der Waals surface area (Å²) in [4.78, 5) is 30.7. The van der Waals surface area contributed by atoms with Crippen molar-refractivity contribution >= 4 is 23.4 Å². The molecule has 6 nitrogen and oxygen atoms in total. The number of hydrogen-bond donors (Lipinski definition) is 2. The van der Waals surface area contributed by atoms with E-state index in [9.17, 15) is 14.0 Å². The Labute approximate surface area is 168 Å². The van der Waals surface area contributed by atoms with Gasteiger partial charge >= 0.3 is 0 Å². The molecule has 1 aliphatic rings. The van der Waals surface area contributed by atoms with Crippen molar-refractivity contribution in [1.29, 1.82) is 0 Å². The van der Waals surface area contributed by atoms with Crippen molar-refractivity contribution in [1.82, 2.24) is 20.5 Å². The molecule has 0 saturated carbocycles. The zero-order chi connectivity index (χ0) is 19.9. The van der Waals surface area contributed by atoms with E-state index in [1.807, 2.05) is 23.1 Å². The molecule has 3 rings (SSSR count). The van der Waals surface area contributed by atoms with Gasteiger partial charge in [-0.3, -0.25) is 19.5 Å². The minimum atomic E-state index is -0.595. The molecular weight excluding hydrogens is 383 g/mol. The second kappa shape index (κ2) is 9.61. The minimum absolute atomic E-state index is 0.0458. The van der Waals surface area contributed by atoms with E-state index >= 15 is 0 Å². The van der Waals surface area contributed by atoms with Gasteiger partial charge in [-0.2, -0.15) is 0 Å². The third-order valence-electron chi connectivity index (χ3n) is 4.62. The van der Waals surface area contributed by atoms with E-state index in [1.54, 1.807) is 12.3 Å². The molecular formula is C20H22ClFN4O2. The quantitative estimate of drug-likeness (QED) is 0.739. The summed E-state index contributed by atoms with van der Waals surface area (Å²) in [6, 6.07) is 9.62. The third-order valence-corrected chi connectivity index (χ3v) is 4.93. The molecule has 1 unspecified atom stereocenters. The van der Waals surface area contributed by atoms with Crippen molar-refractivity contribution in [2.24, 2.45) is 0 Å². The summed E-state index contributed by atoms with van der Waals surface area (Å²) in [6.45, 7) is 1.90. The van der Waals surface area contributed by atoms with Crippen molar-refractivity contribution in [2.45, 2.75) is 25.4 Å². The summed E-state index contributed by atoms with van der Waals surface area (Å²) in [5, 5.41) is 5.69. The molecule has 1 aliphatic heterocycles. The zero-order valence-corrected chi connectivity index (χ0v) is 16.1. The van der Waals surface area contributed by atoms with Gasteiger partial charge in [0.25, 0.3) is 0 Å². The number of pyridine rings is 1. The summed E-state index contributed by atoms with van der Waals surface area (Å²) in [6.07, 6.45) is 2.38. The molecule has 2 heterocycles. The smallest absolute Gasteiger partial charge is 0.237 e. The topological polar surface area (TPSA) is 74.3 Å². The van der Waals surface area contributed by atoms with E-state index in [0.717, 1.165) is 5.69 Å². The van der Waals surface area contributed by atoms with E-state index in [-0.39, 0.29) is 23.3 Å². The highest BCUT2D eigenvalue weighted by Crippen LogP contribution is 2.19. The molecule has 0 radical (unpaired) electrons. The highest BCUT2D eigenvalue weighted by molar-refractivity contribution is 6.30. The monoisotopic (exact) mass is 404 g/mol. The summed E-state index contributed by atoms with van der Waals surface area (Å²) >= 11 is 5.73. The van der Waals surface area contributed by atoms with Gasteiger partial charge in [0.05, 0.1) is 17.5 Å². The number of nitrogens with zero attached hydrogens (tertiary/aromatic N) is 2. The summed E-state index contributed by atoms with van der Waals surface area (Å²) in [5.74, 6) is -0.893. The van der Waals surface area contributed by atoms with Crippen LogP contribution in [0.25, 0.3) is 0 Å². The molecule has 1 atom stereocenters. The van der Waals surface area contributed by atoms with E-state index in [1.165, 1.54) is 12.1 Å². The Balaban J connectivity index is 1.56. The van der Waals surface area contributed by atoms with Gasteiger partial charge in [0, 0.05) is 44.5 Å². The number of benzene rings is 1. The number of carbonyl (C=O) groups excluding carboxylic acids is 2. The molecule has 148 valence electrons. The van der Waals surface area contributed by atoms with Crippen LogP contribution in [0, 0.1) is 5.82 Å². The van der Waals surface area contributed by atoms with Crippen LogP contribution in [0.15, 0.2) is 42.6 Å². The van der Waals surface area contributed by atoms with Crippen molar-refractivity contribution in [3.8, 4) is 0 Å². The number of halogens is 2. The maximum absolute atomic E-state index is 13.7. The average Bonchev–Trinajstić information content (AvgIpc) is 2.68. The van der Waals surface area contributed by atoms with Crippen molar-refractivity contribution in [3.05, 3.63) is 64.7 Å². The third kappa shape index (κ3) is 5.50. The molecule has 2 amide bonds. The van der Waals surface area contributed by atoms with E-state index in [0.29, 0.717) is 38.2 Å². The predicted molar refractivity (Wildman–Crippen MR) is 104 cm³/mol. The molecule has 28 heavy (non-hydrogen) atoms. The lowest BCUT2D eigenvalue weighted by Gasteiger charge is -2.34. The standard InChI is InChI=1S/C20H22ClFN4O2/c21-16-5-4-14(11-17(16)22)13-26-10-9-25-20(28)18(26)12-19(27)24-8-6-15-3-1-2-7-23-15/h1-5,7,11,18H,6,8-10,12-13H2,(H,24,27)(H,25,28). The largest absolute Gasteiger partial charge is 0.356 e. The Kier molecular flexibility index (Phi) is 6.95. The Morgan fingerprint density at radius 2 is 2.21 bits per heavy atom. The predicted octanol–water partition coefficient (Wildman–Crippen LogP) is 1.92. The van der Waals surface area contributed by atoms with Gasteiger partial charge in [0.1, 0.15) is 5.82 Å². The molecule has 1 aromatic carbocycles. The van der Waals surface area contributed by atoms with Gasteiger partial charge in [0.2, 0.25) is 11.8 Å². The summed E-state index contributed by atoms with van der Waals surface area (Å²) < 4.78 is 13.7. The Bertz CT molecular complexity index is 834. The lowest BCUT2D eigenvalue weighted by Crippen LogP contribution is -2.56. The number of amides is 2. The Morgan fingerprint density at radius 3 is 2.96 bits per heavy atom. The van der Waals surface area contributed by atoms with Gasteiger partial charge < -0.3 is 10.6 Å². The first kappa shape index (κ1) is 20.2. The van der Waals surface area contributed by atoms with Crippen LogP contribution in [-0.4, -0.2) is 47.4 Å². The molecule has 0 aliphatic carbocycles. The summed E-state index contributed by atoms with van der Waals surface area (Å²) in [7, 11) is 0. The first-order valence-corrected chi connectivity index (χ1v) is 9.53. The molecule has 0 spiro atoms. The van der Waals surface area contributed by atoms with Gasteiger partial charge in [-0.1, -0.05) is 23.7 Å². The first-order valence-electron chi connectivity index (χ1n) is 9.15. The van der Waals surface area contributed by atoms with Crippen LogP contribution in [0.4, 0.5) is 4.39 Å². The number of aromatic nitrogens is 1. The average molecular weight is 405 g/mol. The maximum atomic E-state index is 13.7. The SMILES string of the molecule is O=C(CC1C(=O)NCCN1Cc1ccc(Cl)c(F)c1)NCCc1ccccn1. The Hall–Kier alpha value is -2.51. The lowest BCUT2D eigenvalue weighted by molar-refractivity contribution is -0.134. The number of piperazine rings is 1. The van der Waals surface area contributed by atoms with Crippen LogP contribution in [0.5, 0.6) is 0 Å². The summed E-state index contributed by atoms with van der Waals surface area (Å²) in [5.41, 5.74) is 1.60. The fraction of sp³-hybridized carbons (Fsp3) is 0.350. The number of nitrogens with one attached hydrogen (secondary N) is 2. The second-order valence-electron chi connectivity index (χ2n) is 6.65. The van der Waals surface area contributed by atoms with E-state index in [2.05, 4.69) is 15.6 Å². The fourth-order valence-electron chi connectivity index (χ4n) is 3.17. The minimum Gasteiger partial charge on any atom is -0.356 e. The normalized spacial score (nSPS) is 17.2. The van der Waals surface area contributed by atoms with Crippen LogP contribution in [0.3, 0.4) is 0 Å². The molecule has 1 fully saturated rings. The second-order valence-corrected chi connectivity index (χ2v) is 7.06. The molecule has 2 aromatic rings. The van der Waals surface area contributed by atoms with Crippen LogP contribution in [0.2, 0.25) is 5.02 Å². The van der Waals surface area contributed by atoms with Crippen LogP contribution in [-0.2, 0) is 22.6 Å². The van der Waals surface area contributed by atoms with Crippen molar-refractivity contribution in [3.63, 3.8) is 0 Å². The van der Waals surface area contributed by atoms with Crippen molar-refractivity contribution in [2.75, 3.05) is 19.6 Å². The highest BCUT2D eigenvalue weighted by Gasteiger charge is 2.31. The van der Waals surface area contributed by atoms with Crippen LogP contribution in [0.1, 0.15) is 17.7 Å². The van der Waals surface area contributed by atoms with E-state index in [4.69, 9.17) is 11.6 Å². The highest BCUT2D eigenvalue weighted by atomic mass is 35.5. The fourth-order valence-corrected chi connectivity index (χ4v) is 3.29. The maximum Gasteiger partial charge on any atom is 0.237 e. The zero-order valence-electron chi connectivity index (χ0n) is 15.3. The molecule has 1 aromatic heterocycles. The molecule has 1 saturated heterocycles. The van der Waals surface area contributed by atoms with Gasteiger partial charge in [-0.15, -0.1) is 0 Å². The van der Waals surface area contributed by atoms with E-state index < -0.39 is 11.9 Å². The van der Waals surface area contributed by atoms with Crippen LogP contribution < -0.4 is 10.6 Å². The number of carbonyl (C=O) groups is 2. The molecule has 8 heteroatoms.